The van der Waals surface area contributed by atoms with Gasteiger partial charge >= 0.3 is 0 Å². The van der Waals surface area contributed by atoms with Gasteiger partial charge in [-0.2, -0.15) is 0 Å². The van der Waals surface area contributed by atoms with Gasteiger partial charge in [-0.1, -0.05) is 24.3 Å². The van der Waals surface area contributed by atoms with Gasteiger partial charge in [0.1, 0.15) is 5.75 Å². The molecule has 6 heteroatoms. The first kappa shape index (κ1) is 16.0. The van der Waals surface area contributed by atoms with Gasteiger partial charge in [0.15, 0.2) is 15.9 Å². The zero-order chi connectivity index (χ0) is 16.2. The first-order chi connectivity index (χ1) is 10.4. The predicted molar refractivity (Wildman–Crippen MR) is 84.7 cm³/mol. The van der Waals surface area contributed by atoms with Crippen LogP contribution in [0.2, 0.25) is 0 Å². The maximum atomic E-state index is 12.1. The van der Waals surface area contributed by atoms with Crippen LogP contribution in [0.25, 0.3) is 0 Å². The first-order valence-electron chi connectivity index (χ1n) is 6.69. The van der Waals surface area contributed by atoms with Gasteiger partial charge < -0.3 is 10.1 Å². The summed E-state index contributed by atoms with van der Waals surface area (Å²) in [5.41, 5.74) is 0.413. The molecule has 2 rings (SSSR count). The second kappa shape index (κ2) is 6.62. The lowest BCUT2D eigenvalue weighted by molar-refractivity contribution is -0.122. The van der Waals surface area contributed by atoms with Crippen molar-refractivity contribution in [3.05, 3.63) is 54.6 Å². The Balaban J connectivity index is 2.06. The topological polar surface area (TPSA) is 72.5 Å². The van der Waals surface area contributed by atoms with E-state index < -0.39 is 15.9 Å². The highest BCUT2D eigenvalue weighted by atomic mass is 32.2. The molecule has 0 bridgehead atoms. The van der Waals surface area contributed by atoms with Gasteiger partial charge in [-0.3, -0.25) is 4.79 Å². The molecular weight excluding hydrogens is 302 g/mol. The summed E-state index contributed by atoms with van der Waals surface area (Å²) in [4.78, 5) is 12.2. The Morgan fingerprint density at radius 3 is 2.41 bits per heavy atom. The molecule has 0 aromatic heterocycles. The van der Waals surface area contributed by atoms with Crippen molar-refractivity contribution in [2.24, 2.45) is 0 Å². The predicted octanol–water partition coefficient (Wildman–Crippen LogP) is 2.50. The highest BCUT2D eigenvalue weighted by Gasteiger charge is 2.15. The number of sulfone groups is 1. The molecule has 2 aromatic carbocycles. The number of amides is 1. The van der Waals surface area contributed by atoms with Crippen LogP contribution in [0.4, 0.5) is 5.69 Å². The van der Waals surface area contributed by atoms with Gasteiger partial charge in [-0.15, -0.1) is 0 Å². The van der Waals surface area contributed by atoms with E-state index in [0.717, 1.165) is 6.26 Å². The average Bonchev–Trinajstić information content (AvgIpc) is 2.47. The van der Waals surface area contributed by atoms with E-state index in [-0.39, 0.29) is 10.8 Å². The second-order valence-electron chi connectivity index (χ2n) is 4.86. The number of para-hydroxylation sites is 1. The lowest BCUT2D eigenvalue weighted by Crippen LogP contribution is -2.30. The number of nitrogens with one attached hydrogen (secondary N) is 1. The zero-order valence-corrected chi connectivity index (χ0v) is 13.1. The second-order valence-corrected chi connectivity index (χ2v) is 6.88. The van der Waals surface area contributed by atoms with Gasteiger partial charge in [-0.05, 0) is 37.3 Å². The monoisotopic (exact) mass is 319 g/mol. The molecule has 0 heterocycles. The van der Waals surface area contributed by atoms with Crippen molar-refractivity contribution in [3.63, 3.8) is 0 Å². The summed E-state index contributed by atoms with van der Waals surface area (Å²) in [6, 6.07) is 15.1. The molecule has 0 aliphatic heterocycles. The summed E-state index contributed by atoms with van der Waals surface area (Å²) in [5, 5.41) is 2.65. The molecule has 1 unspecified atom stereocenters. The largest absolute Gasteiger partial charge is 0.481 e. The maximum absolute atomic E-state index is 12.1. The van der Waals surface area contributed by atoms with Crippen molar-refractivity contribution < 1.29 is 17.9 Å². The fourth-order valence-corrected chi connectivity index (χ4v) is 2.47. The Morgan fingerprint density at radius 2 is 1.77 bits per heavy atom. The number of hydrogen-bond acceptors (Lipinski definition) is 4. The van der Waals surface area contributed by atoms with Crippen LogP contribution >= 0.6 is 0 Å². The van der Waals surface area contributed by atoms with Crippen molar-refractivity contribution in [1.82, 2.24) is 0 Å². The molecule has 0 aliphatic rings. The van der Waals surface area contributed by atoms with E-state index in [1.165, 1.54) is 12.1 Å². The summed E-state index contributed by atoms with van der Waals surface area (Å²) in [6.07, 6.45) is 0.416. The summed E-state index contributed by atoms with van der Waals surface area (Å²) >= 11 is 0. The third kappa shape index (κ3) is 4.33. The number of rotatable bonds is 5. The van der Waals surface area contributed by atoms with Gasteiger partial charge in [0.05, 0.1) is 4.90 Å². The van der Waals surface area contributed by atoms with E-state index in [9.17, 15) is 13.2 Å². The van der Waals surface area contributed by atoms with E-state index in [4.69, 9.17) is 4.74 Å². The summed E-state index contributed by atoms with van der Waals surface area (Å²) in [6.45, 7) is 1.63. The minimum absolute atomic E-state index is 0.155. The Hall–Kier alpha value is -2.34. The van der Waals surface area contributed by atoms with Gasteiger partial charge in [0, 0.05) is 11.9 Å². The molecule has 116 valence electrons. The SMILES string of the molecule is CC(Oc1ccccc1)C(=O)Nc1cccc(S(C)(=O)=O)c1. The Morgan fingerprint density at radius 1 is 1.09 bits per heavy atom. The number of ether oxygens (including phenoxy) is 1. The maximum Gasteiger partial charge on any atom is 0.265 e. The van der Waals surface area contributed by atoms with Crippen LogP contribution in [0, 0.1) is 0 Å². The molecule has 5 nitrogen and oxygen atoms in total. The van der Waals surface area contributed by atoms with Crippen molar-refractivity contribution in [1.29, 1.82) is 0 Å². The van der Waals surface area contributed by atoms with Gasteiger partial charge in [0.2, 0.25) is 0 Å². The molecule has 0 aliphatic carbocycles. The summed E-state index contributed by atoms with van der Waals surface area (Å²) < 4.78 is 28.5. The molecule has 1 N–H and O–H groups in total. The van der Waals surface area contributed by atoms with E-state index in [0.29, 0.717) is 11.4 Å². The highest BCUT2D eigenvalue weighted by molar-refractivity contribution is 7.90. The van der Waals surface area contributed by atoms with Crippen LogP contribution in [0.15, 0.2) is 59.5 Å². The average molecular weight is 319 g/mol. The van der Waals surface area contributed by atoms with E-state index in [2.05, 4.69) is 5.32 Å². The zero-order valence-electron chi connectivity index (χ0n) is 12.3. The quantitative estimate of drug-likeness (QED) is 0.919. The van der Waals surface area contributed by atoms with Crippen LogP contribution < -0.4 is 10.1 Å². The molecule has 2 aromatic rings. The van der Waals surface area contributed by atoms with Crippen molar-refractivity contribution in [2.75, 3.05) is 11.6 Å². The molecule has 0 radical (unpaired) electrons. The Bertz CT molecular complexity index is 757. The molecule has 22 heavy (non-hydrogen) atoms. The molecule has 0 saturated heterocycles. The minimum Gasteiger partial charge on any atom is -0.481 e. The van der Waals surface area contributed by atoms with Crippen LogP contribution in [0.5, 0.6) is 5.75 Å². The molecule has 1 atom stereocenters. The number of carbonyl (C=O) groups excluding carboxylic acids is 1. The normalized spacial score (nSPS) is 12.5. The van der Waals surface area contributed by atoms with Crippen LogP contribution in [0.1, 0.15) is 6.92 Å². The molecular formula is C16H17NO4S. The smallest absolute Gasteiger partial charge is 0.265 e. The Labute approximate surface area is 129 Å². The molecule has 1 amide bonds. The number of hydrogen-bond donors (Lipinski definition) is 1. The fraction of sp³-hybridized carbons (Fsp3) is 0.188. The van der Waals surface area contributed by atoms with Gasteiger partial charge in [0.25, 0.3) is 5.91 Å². The highest BCUT2D eigenvalue weighted by Crippen LogP contribution is 2.16. The fourth-order valence-electron chi connectivity index (χ4n) is 1.81. The number of anilines is 1. The number of benzene rings is 2. The third-order valence-electron chi connectivity index (χ3n) is 2.96. The van der Waals surface area contributed by atoms with Gasteiger partial charge in [-0.25, -0.2) is 8.42 Å². The summed E-state index contributed by atoms with van der Waals surface area (Å²) in [7, 11) is -3.31. The van der Waals surface area contributed by atoms with Crippen LogP contribution in [-0.4, -0.2) is 26.7 Å². The standard InChI is InChI=1S/C16H17NO4S/c1-12(21-14-8-4-3-5-9-14)16(18)17-13-7-6-10-15(11-13)22(2,19)20/h3-12H,1-2H3,(H,17,18). The minimum atomic E-state index is -3.31. The van der Waals surface area contributed by atoms with Crippen molar-refractivity contribution >= 4 is 21.4 Å². The molecule has 0 fully saturated rings. The van der Waals surface area contributed by atoms with E-state index >= 15 is 0 Å². The van der Waals surface area contributed by atoms with Crippen LogP contribution in [0.3, 0.4) is 0 Å². The first-order valence-corrected chi connectivity index (χ1v) is 8.58. The van der Waals surface area contributed by atoms with Crippen molar-refractivity contribution in [3.8, 4) is 5.75 Å². The molecule has 0 saturated carbocycles. The van der Waals surface area contributed by atoms with E-state index in [1.807, 2.05) is 18.2 Å². The molecule has 0 spiro atoms. The lowest BCUT2D eigenvalue weighted by Gasteiger charge is -2.15. The third-order valence-corrected chi connectivity index (χ3v) is 4.07. The Kier molecular flexibility index (Phi) is 4.82. The lowest BCUT2D eigenvalue weighted by atomic mass is 10.3. The number of carbonyl (C=O) groups is 1. The van der Waals surface area contributed by atoms with Crippen molar-refractivity contribution in [2.45, 2.75) is 17.9 Å². The van der Waals surface area contributed by atoms with Crippen LogP contribution in [-0.2, 0) is 14.6 Å². The van der Waals surface area contributed by atoms with E-state index in [1.54, 1.807) is 31.2 Å². The summed E-state index contributed by atoms with van der Waals surface area (Å²) in [5.74, 6) is 0.240.